The maximum atomic E-state index is 11.4. The van der Waals surface area contributed by atoms with Gasteiger partial charge in [-0.2, -0.15) is 0 Å². The normalized spacial score (nSPS) is 11.5. The van der Waals surface area contributed by atoms with Gasteiger partial charge in [-0.15, -0.1) is 0 Å². The number of hydrogen-bond donors (Lipinski definition) is 0. The van der Waals surface area contributed by atoms with E-state index in [1.807, 2.05) is 0 Å². The first-order valence-electron chi connectivity index (χ1n) is 5.22. The summed E-state index contributed by atoms with van der Waals surface area (Å²) in [5, 5.41) is 0. The minimum Gasteiger partial charge on any atom is -0.464 e. The van der Waals surface area contributed by atoms with Gasteiger partial charge >= 0.3 is 5.97 Å². The first-order valence-corrected chi connectivity index (χ1v) is 7.04. The number of methoxy groups -OCH3 is 1. The Hall–Kier alpha value is -1.37. The van der Waals surface area contributed by atoms with Crippen LogP contribution >= 0.6 is 0 Å². The van der Waals surface area contributed by atoms with E-state index in [1.165, 1.54) is 13.3 Å². The molecule has 96 valence electrons. The zero-order valence-electron chi connectivity index (χ0n) is 10.1. The van der Waals surface area contributed by atoms with E-state index in [9.17, 15) is 13.2 Å². The van der Waals surface area contributed by atoms with Crippen molar-refractivity contribution in [1.82, 2.24) is 9.55 Å². The van der Waals surface area contributed by atoms with E-state index in [-0.39, 0.29) is 23.7 Å². The van der Waals surface area contributed by atoms with Crippen LogP contribution in [0.3, 0.4) is 0 Å². The Bertz CT molecular complexity index is 504. The Morgan fingerprint density at radius 2 is 2.18 bits per heavy atom. The van der Waals surface area contributed by atoms with Crippen molar-refractivity contribution in [1.29, 1.82) is 0 Å². The van der Waals surface area contributed by atoms with Crippen molar-refractivity contribution >= 4 is 15.8 Å². The predicted molar refractivity (Wildman–Crippen MR) is 62.6 cm³/mol. The molecule has 0 spiro atoms. The van der Waals surface area contributed by atoms with Crippen LogP contribution in [0, 0.1) is 6.92 Å². The summed E-state index contributed by atoms with van der Waals surface area (Å²) < 4.78 is 29.0. The van der Waals surface area contributed by atoms with Crippen LogP contribution in [-0.4, -0.2) is 42.6 Å². The summed E-state index contributed by atoms with van der Waals surface area (Å²) >= 11 is 0. The monoisotopic (exact) mass is 260 g/mol. The molecule has 1 heterocycles. The zero-order valence-corrected chi connectivity index (χ0v) is 11.0. The maximum Gasteiger partial charge on any atom is 0.356 e. The number of esters is 1. The first-order chi connectivity index (χ1) is 7.91. The number of sulfone groups is 1. The average Bonchev–Trinajstić information content (AvgIpc) is 2.67. The van der Waals surface area contributed by atoms with Gasteiger partial charge in [0.2, 0.25) is 0 Å². The van der Waals surface area contributed by atoms with Gasteiger partial charge in [0.1, 0.15) is 11.5 Å². The van der Waals surface area contributed by atoms with Crippen LogP contribution in [0.4, 0.5) is 0 Å². The molecule has 0 amide bonds. The second-order valence-electron chi connectivity index (χ2n) is 3.57. The Morgan fingerprint density at radius 3 is 2.71 bits per heavy atom. The number of ether oxygens (including phenoxy) is 1. The lowest BCUT2D eigenvalue weighted by Crippen LogP contribution is -2.19. The van der Waals surface area contributed by atoms with Crippen LogP contribution in [0.25, 0.3) is 0 Å². The third-order valence-corrected chi connectivity index (χ3v) is 4.20. The molecule has 1 aromatic rings. The summed E-state index contributed by atoms with van der Waals surface area (Å²) in [4.78, 5) is 15.4. The molecule has 0 aliphatic carbocycles. The first kappa shape index (κ1) is 13.7. The van der Waals surface area contributed by atoms with Gasteiger partial charge in [0.15, 0.2) is 9.84 Å². The average molecular weight is 260 g/mol. The van der Waals surface area contributed by atoms with Gasteiger partial charge in [0.05, 0.1) is 19.1 Å². The minimum atomic E-state index is -3.06. The number of hydrogen-bond acceptors (Lipinski definition) is 5. The summed E-state index contributed by atoms with van der Waals surface area (Å²) in [6.45, 7) is 3.52. The van der Waals surface area contributed by atoms with Crippen LogP contribution in [0.1, 0.15) is 23.2 Å². The summed E-state index contributed by atoms with van der Waals surface area (Å²) in [6.07, 6.45) is 1.39. The van der Waals surface area contributed by atoms with E-state index in [0.29, 0.717) is 5.82 Å². The van der Waals surface area contributed by atoms with Crippen molar-refractivity contribution in [3.63, 3.8) is 0 Å². The highest BCUT2D eigenvalue weighted by Gasteiger charge is 2.16. The van der Waals surface area contributed by atoms with Crippen molar-refractivity contribution in [2.24, 2.45) is 0 Å². The van der Waals surface area contributed by atoms with Gasteiger partial charge in [-0.05, 0) is 6.92 Å². The van der Waals surface area contributed by atoms with E-state index in [1.54, 1.807) is 18.4 Å². The fraction of sp³-hybridized carbons (Fsp3) is 0.600. The maximum absolute atomic E-state index is 11.4. The number of carbonyl (C=O) groups is 1. The topological polar surface area (TPSA) is 78.3 Å². The third-order valence-electron chi connectivity index (χ3n) is 2.52. The molecule has 1 rings (SSSR count). The highest BCUT2D eigenvalue weighted by molar-refractivity contribution is 7.91. The Labute approximate surface area is 101 Å². The Morgan fingerprint density at radius 1 is 1.53 bits per heavy atom. The smallest absolute Gasteiger partial charge is 0.356 e. The number of aryl methyl sites for hydroxylation is 1. The van der Waals surface area contributed by atoms with Crippen LogP contribution in [0.5, 0.6) is 0 Å². The molecule has 0 aliphatic rings. The molecular formula is C10H16N2O4S. The molecular weight excluding hydrogens is 244 g/mol. The molecule has 0 saturated carbocycles. The molecule has 1 aromatic heterocycles. The van der Waals surface area contributed by atoms with Crippen LogP contribution in [-0.2, 0) is 21.1 Å². The SMILES string of the molecule is CCS(=O)(=O)CCn1c(C(=O)OC)cnc1C. The lowest BCUT2D eigenvalue weighted by molar-refractivity contribution is 0.0588. The number of imidazole rings is 1. The molecule has 6 nitrogen and oxygen atoms in total. The number of rotatable bonds is 5. The molecule has 0 atom stereocenters. The van der Waals surface area contributed by atoms with Crippen molar-refractivity contribution in [3.8, 4) is 0 Å². The van der Waals surface area contributed by atoms with Crippen molar-refractivity contribution < 1.29 is 17.9 Å². The van der Waals surface area contributed by atoms with Gasteiger partial charge in [0.25, 0.3) is 0 Å². The Kier molecular flexibility index (Phi) is 4.28. The number of aromatic nitrogens is 2. The summed E-state index contributed by atoms with van der Waals surface area (Å²) in [6, 6.07) is 0. The molecule has 0 bridgehead atoms. The number of carbonyl (C=O) groups excluding carboxylic acids is 1. The molecule has 17 heavy (non-hydrogen) atoms. The van der Waals surface area contributed by atoms with E-state index in [4.69, 9.17) is 0 Å². The number of nitrogens with zero attached hydrogens (tertiary/aromatic N) is 2. The lowest BCUT2D eigenvalue weighted by Gasteiger charge is -2.08. The van der Waals surface area contributed by atoms with E-state index >= 15 is 0 Å². The van der Waals surface area contributed by atoms with Gasteiger partial charge < -0.3 is 9.30 Å². The summed E-state index contributed by atoms with van der Waals surface area (Å²) in [5.74, 6) is 0.162. The fourth-order valence-corrected chi connectivity index (χ4v) is 2.14. The second-order valence-corrected chi connectivity index (χ2v) is 6.04. The lowest BCUT2D eigenvalue weighted by atomic mass is 10.4. The quantitative estimate of drug-likeness (QED) is 0.717. The molecule has 0 aliphatic heterocycles. The highest BCUT2D eigenvalue weighted by atomic mass is 32.2. The fourth-order valence-electron chi connectivity index (χ4n) is 1.39. The van der Waals surface area contributed by atoms with E-state index < -0.39 is 15.8 Å². The van der Waals surface area contributed by atoms with Gasteiger partial charge in [-0.1, -0.05) is 6.92 Å². The highest BCUT2D eigenvalue weighted by Crippen LogP contribution is 2.07. The molecule has 0 radical (unpaired) electrons. The molecule has 0 aromatic carbocycles. The van der Waals surface area contributed by atoms with Gasteiger partial charge in [-0.25, -0.2) is 18.2 Å². The zero-order chi connectivity index (χ0) is 13.1. The molecule has 0 fully saturated rings. The predicted octanol–water partition coefficient (Wildman–Crippen LogP) is 0.413. The van der Waals surface area contributed by atoms with Gasteiger partial charge in [-0.3, -0.25) is 0 Å². The molecule has 7 heteroatoms. The van der Waals surface area contributed by atoms with Crippen LogP contribution in [0.2, 0.25) is 0 Å². The van der Waals surface area contributed by atoms with Crippen LogP contribution in [0.15, 0.2) is 6.20 Å². The van der Waals surface area contributed by atoms with Crippen molar-refractivity contribution in [2.75, 3.05) is 18.6 Å². The van der Waals surface area contributed by atoms with Crippen molar-refractivity contribution in [2.45, 2.75) is 20.4 Å². The van der Waals surface area contributed by atoms with Gasteiger partial charge in [0, 0.05) is 12.3 Å². The van der Waals surface area contributed by atoms with Crippen molar-refractivity contribution in [3.05, 3.63) is 17.7 Å². The van der Waals surface area contributed by atoms with E-state index in [2.05, 4.69) is 9.72 Å². The second kappa shape index (κ2) is 5.31. The third kappa shape index (κ3) is 3.29. The minimum absolute atomic E-state index is 0.00923. The summed E-state index contributed by atoms with van der Waals surface area (Å²) in [5.41, 5.74) is 0.274. The van der Waals surface area contributed by atoms with E-state index in [0.717, 1.165) is 0 Å². The molecule has 0 unspecified atom stereocenters. The molecule has 0 N–H and O–H groups in total. The Balaban J connectivity index is 2.91. The molecule has 0 saturated heterocycles. The van der Waals surface area contributed by atoms with Crippen LogP contribution < -0.4 is 0 Å². The summed E-state index contributed by atoms with van der Waals surface area (Å²) in [7, 11) is -1.79. The largest absolute Gasteiger partial charge is 0.464 e. The standard InChI is InChI=1S/C10H16N2O4S/c1-4-17(14,15)6-5-12-8(2)11-7-9(12)10(13)16-3/h7H,4-6H2,1-3H3.